The Balaban J connectivity index is 1.07. The fourth-order valence-electron chi connectivity index (χ4n) is 13.9. The maximum atomic E-state index is 16.3. The summed E-state index contributed by atoms with van der Waals surface area (Å²) in [7, 11) is -2.48. The van der Waals surface area contributed by atoms with E-state index in [2.05, 4.69) is 67.6 Å². The number of fused-ring (bicyclic) bond motifs is 2. The quantitative estimate of drug-likeness (QED) is 0.0399. The summed E-state index contributed by atoms with van der Waals surface area (Å²) in [6.45, 7) is 20.9. The Kier molecular flexibility index (Phi) is 13.1. The van der Waals surface area contributed by atoms with Gasteiger partial charge in [0.1, 0.15) is 30.0 Å². The molecule has 9 nitrogen and oxygen atoms in total. The molecule has 0 spiro atoms. The zero-order chi connectivity index (χ0) is 46.0. The van der Waals surface area contributed by atoms with Gasteiger partial charge in [-0.1, -0.05) is 172 Å². The lowest BCUT2D eigenvalue weighted by Gasteiger charge is -2.59. The predicted octanol–water partition coefficient (Wildman–Crippen LogP) is 11.9. The molecular weight excluding hydrogens is 833 g/mol. The van der Waals surface area contributed by atoms with E-state index in [0.717, 1.165) is 48.8 Å². The van der Waals surface area contributed by atoms with Crippen molar-refractivity contribution in [3.8, 4) is 0 Å². The van der Waals surface area contributed by atoms with Gasteiger partial charge in [-0.05, 0) is 84.5 Å². The summed E-state index contributed by atoms with van der Waals surface area (Å²) in [5.74, 6) is -1.30. The van der Waals surface area contributed by atoms with Gasteiger partial charge < -0.3 is 32.9 Å². The second-order valence-corrected chi connectivity index (χ2v) is 27.7. The molecule has 10 heteroatoms. The number of hydrogen-bond acceptors (Lipinski definition) is 9. The second-order valence-electron chi connectivity index (χ2n) is 23.0. The normalized spacial score (nSPS) is 37.6. The van der Waals surface area contributed by atoms with Crippen LogP contribution in [0.3, 0.4) is 0 Å². The van der Waals surface area contributed by atoms with Crippen LogP contribution in [0.5, 0.6) is 0 Å². The fourth-order valence-corrected chi connectivity index (χ4v) is 15.1. The van der Waals surface area contributed by atoms with Gasteiger partial charge in [-0.2, -0.15) is 0 Å². The molecule has 2 aromatic rings. The Labute approximate surface area is 390 Å². The summed E-state index contributed by atoms with van der Waals surface area (Å²) in [4.78, 5) is 30.7. The summed E-state index contributed by atoms with van der Waals surface area (Å²) in [6, 6.07) is 20.0. The molecule has 0 aromatic heterocycles. The van der Waals surface area contributed by atoms with Crippen molar-refractivity contribution in [2.75, 3.05) is 13.2 Å². The molecule has 0 N–H and O–H groups in total. The van der Waals surface area contributed by atoms with Gasteiger partial charge in [0.2, 0.25) is 0 Å². The first-order chi connectivity index (χ1) is 31.1. The number of allylic oxidation sites excluding steroid dienone is 1. The largest absolute Gasteiger partial charge is 0.452 e. The SMILES string of the molecule is CCCCCCCCCCOC1C2OC3(OCC45CC6C(C)CCC6C6(C=O)CC4C=C(C(C)C)C65C(=O)OC(c4ccccc4)c4ccccc4)OC2OC1C3O[Si](C)(C)C(C)(C)C. The summed E-state index contributed by atoms with van der Waals surface area (Å²) < 4.78 is 49.1. The van der Waals surface area contributed by atoms with Crippen molar-refractivity contribution in [3.05, 3.63) is 83.4 Å². The monoisotopic (exact) mass is 911 g/mol. The average molecular weight is 911 g/mol. The molecule has 4 aliphatic heterocycles. The summed E-state index contributed by atoms with van der Waals surface area (Å²) in [5, 5.41) is -0.123. The first-order valence-electron chi connectivity index (χ1n) is 25.5. The third-order valence-electron chi connectivity index (χ3n) is 18.0. The minimum Gasteiger partial charge on any atom is -0.452 e. The van der Waals surface area contributed by atoms with Crippen LogP contribution in [-0.4, -0.2) is 70.5 Å². The van der Waals surface area contributed by atoms with Crippen LogP contribution in [0.2, 0.25) is 18.1 Å². The second kappa shape index (κ2) is 18.0. The number of carbonyl (C=O) groups excluding carboxylic acids is 2. The summed E-state index contributed by atoms with van der Waals surface area (Å²) in [5.41, 5.74) is -0.254. The molecule has 0 amide bonds. The van der Waals surface area contributed by atoms with Gasteiger partial charge in [-0.15, -0.1) is 0 Å². The third-order valence-corrected chi connectivity index (χ3v) is 22.5. The van der Waals surface area contributed by atoms with Crippen LogP contribution in [0, 0.1) is 45.8 Å². The Morgan fingerprint density at radius 3 is 2.14 bits per heavy atom. The number of aldehydes is 1. The fraction of sp³-hybridized carbons (Fsp3) is 0.709. The lowest BCUT2D eigenvalue weighted by Crippen LogP contribution is -2.68. The van der Waals surface area contributed by atoms with E-state index in [9.17, 15) is 4.79 Å². The molecule has 0 radical (unpaired) electrons. The van der Waals surface area contributed by atoms with Gasteiger partial charge in [-0.3, -0.25) is 9.53 Å². The Morgan fingerprint density at radius 1 is 0.877 bits per heavy atom. The number of rotatable bonds is 21. The van der Waals surface area contributed by atoms with Crippen molar-refractivity contribution in [2.45, 2.75) is 186 Å². The molecule has 8 aliphatic rings. The number of unbranched alkanes of at least 4 members (excludes halogenated alkanes) is 7. The van der Waals surface area contributed by atoms with Crippen molar-refractivity contribution < 1.29 is 42.4 Å². The van der Waals surface area contributed by atoms with Gasteiger partial charge in [0, 0.05) is 12.0 Å². The maximum absolute atomic E-state index is 16.3. The Morgan fingerprint density at radius 2 is 1.52 bits per heavy atom. The average Bonchev–Trinajstić information content (AvgIpc) is 4.02. The van der Waals surface area contributed by atoms with Crippen molar-refractivity contribution in [2.24, 2.45) is 45.8 Å². The highest BCUT2D eigenvalue weighted by atomic mass is 28.4. The molecule has 65 heavy (non-hydrogen) atoms. The van der Waals surface area contributed by atoms with E-state index in [1.54, 1.807) is 0 Å². The molecule has 10 rings (SSSR count). The topological polar surface area (TPSA) is 98.8 Å². The van der Waals surface area contributed by atoms with Crippen LogP contribution in [0.15, 0.2) is 72.3 Å². The van der Waals surface area contributed by atoms with E-state index in [0.29, 0.717) is 18.9 Å². The van der Waals surface area contributed by atoms with Crippen LogP contribution >= 0.6 is 0 Å². The van der Waals surface area contributed by atoms with Crippen molar-refractivity contribution in [3.63, 3.8) is 0 Å². The molecule has 4 saturated heterocycles. The van der Waals surface area contributed by atoms with Gasteiger partial charge in [0.25, 0.3) is 0 Å². The number of ether oxygens (including phenoxy) is 6. The van der Waals surface area contributed by atoms with E-state index in [1.165, 1.54) is 44.8 Å². The number of benzene rings is 2. The molecule has 2 aromatic carbocycles. The highest BCUT2D eigenvalue weighted by Gasteiger charge is 2.85. The molecule has 4 aliphatic carbocycles. The van der Waals surface area contributed by atoms with Gasteiger partial charge in [-0.25, -0.2) is 0 Å². The van der Waals surface area contributed by atoms with Gasteiger partial charge in [0.05, 0.1) is 12.0 Å². The van der Waals surface area contributed by atoms with Gasteiger partial charge in [0.15, 0.2) is 26.8 Å². The highest BCUT2D eigenvalue weighted by Crippen LogP contribution is 2.83. The maximum Gasteiger partial charge on any atom is 0.318 e. The molecular formula is C55H78O9Si. The van der Waals surface area contributed by atoms with Crippen LogP contribution in [0.4, 0.5) is 0 Å². The first-order valence-corrected chi connectivity index (χ1v) is 28.4. The van der Waals surface area contributed by atoms with Crippen LogP contribution in [0.25, 0.3) is 0 Å². The highest BCUT2D eigenvalue weighted by molar-refractivity contribution is 6.74. The summed E-state index contributed by atoms with van der Waals surface area (Å²) >= 11 is 0. The molecule has 13 unspecified atom stereocenters. The molecule has 4 heterocycles. The van der Waals surface area contributed by atoms with E-state index < -0.39 is 61.2 Å². The smallest absolute Gasteiger partial charge is 0.318 e. The lowest BCUT2D eigenvalue weighted by atomic mass is 9.43. The molecule has 13 atom stereocenters. The standard InChI is InChI=1S/C55H78O9Si/c1-10-11-12-13-14-15-16-23-30-58-45-46-48(64-65(8,9)51(5,6)7)55(62-47(45)49(60-46)63-55)59-35-53-33-41-37(4)28-29-42(41)52(34-56)32-40(53)31-43(36(2)3)54(52,53)50(57)61-44(38-24-19-17-20-25-38)39-26-21-18-22-27-39/h17-22,24-27,31,34,36-37,40-42,44-49H,10-16,23,28-30,32-33,35H2,1-9H3. The van der Waals surface area contributed by atoms with Crippen molar-refractivity contribution >= 4 is 20.6 Å². The lowest BCUT2D eigenvalue weighted by molar-refractivity contribution is -0.445. The predicted molar refractivity (Wildman–Crippen MR) is 253 cm³/mol. The molecule has 7 fully saturated rings. The minimum atomic E-state index is -2.48. The zero-order valence-corrected chi connectivity index (χ0v) is 41.9. The zero-order valence-electron chi connectivity index (χ0n) is 40.9. The minimum absolute atomic E-state index is 0.0142. The first kappa shape index (κ1) is 47.4. The Hall–Kier alpha value is -2.70. The van der Waals surface area contributed by atoms with E-state index in [1.807, 2.05) is 60.7 Å². The summed E-state index contributed by atoms with van der Waals surface area (Å²) in [6.07, 6.45) is 13.2. The van der Waals surface area contributed by atoms with E-state index in [-0.39, 0.29) is 47.4 Å². The number of esters is 1. The van der Waals surface area contributed by atoms with E-state index in [4.69, 9.17) is 32.8 Å². The van der Waals surface area contributed by atoms with Gasteiger partial charge >= 0.3 is 11.9 Å². The van der Waals surface area contributed by atoms with Crippen LogP contribution < -0.4 is 0 Å². The third kappa shape index (κ3) is 7.52. The van der Waals surface area contributed by atoms with Crippen molar-refractivity contribution in [1.82, 2.24) is 0 Å². The van der Waals surface area contributed by atoms with Crippen molar-refractivity contribution in [1.29, 1.82) is 0 Å². The molecule has 356 valence electrons. The van der Waals surface area contributed by atoms with Crippen LogP contribution in [0.1, 0.15) is 143 Å². The van der Waals surface area contributed by atoms with Crippen LogP contribution in [-0.2, 0) is 42.4 Å². The molecule has 3 saturated carbocycles. The van der Waals surface area contributed by atoms with E-state index >= 15 is 4.79 Å². The molecule has 8 bridgehead atoms. The Bertz CT molecular complexity index is 1990. The number of carbonyl (C=O) groups is 2. The number of hydrogen-bond donors (Lipinski definition) is 0.